The Bertz CT molecular complexity index is 658. The molecule has 3 atom stereocenters. The molecule has 120 valence electrons. The lowest BCUT2D eigenvalue weighted by molar-refractivity contribution is 0.00650. The molecule has 22 heavy (non-hydrogen) atoms. The number of piperidine rings is 1. The van der Waals surface area contributed by atoms with Gasteiger partial charge in [0.15, 0.2) is 0 Å². The fourth-order valence-corrected chi connectivity index (χ4v) is 3.15. The number of nitrogens with zero attached hydrogens (tertiary/aromatic N) is 3. The Morgan fingerprint density at radius 2 is 2.05 bits per heavy atom. The van der Waals surface area contributed by atoms with Crippen LogP contribution in [0.1, 0.15) is 38.7 Å². The van der Waals surface area contributed by atoms with Crippen LogP contribution in [0.4, 0.5) is 8.78 Å². The molecule has 0 aliphatic carbocycles. The minimum atomic E-state index is -2.63. The van der Waals surface area contributed by atoms with Gasteiger partial charge in [-0.25, -0.2) is 4.98 Å². The van der Waals surface area contributed by atoms with Gasteiger partial charge in [0.2, 0.25) is 0 Å². The normalized spacial score (nSPS) is 25.0. The molecule has 2 aromatic rings. The number of alkyl halides is 2. The van der Waals surface area contributed by atoms with E-state index in [4.69, 9.17) is 0 Å². The predicted molar refractivity (Wildman–Crippen MR) is 80.8 cm³/mol. The van der Waals surface area contributed by atoms with Crippen molar-refractivity contribution in [2.24, 2.45) is 5.92 Å². The van der Waals surface area contributed by atoms with Gasteiger partial charge >= 0.3 is 6.55 Å². The molecule has 0 bridgehead atoms. The monoisotopic (exact) mass is 309 g/mol. The van der Waals surface area contributed by atoms with Crippen LogP contribution >= 0.6 is 0 Å². The maximum absolute atomic E-state index is 13.5. The SMILES string of the molecule is CC1CCN(C(C)c2nc3ccccc3n2C(F)F)CC1O. The van der Waals surface area contributed by atoms with Crippen molar-refractivity contribution in [2.75, 3.05) is 13.1 Å². The van der Waals surface area contributed by atoms with Crippen LogP contribution in [-0.2, 0) is 0 Å². The number of benzene rings is 1. The predicted octanol–water partition coefficient (Wildman–Crippen LogP) is 3.20. The molecule has 1 N–H and O–H groups in total. The first-order chi connectivity index (χ1) is 10.5. The second-order valence-electron chi connectivity index (χ2n) is 6.11. The van der Waals surface area contributed by atoms with Crippen LogP contribution in [0.15, 0.2) is 24.3 Å². The van der Waals surface area contributed by atoms with E-state index in [2.05, 4.69) is 4.98 Å². The summed E-state index contributed by atoms with van der Waals surface area (Å²) in [5, 5.41) is 10.0. The van der Waals surface area contributed by atoms with Gasteiger partial charge in [0, 0.05) is 6.54 Å². The van der Waals surface area contributed by atoms with E-state index in [1.807, 2.05) is 18.7 Å². The van der Waals surface area contributed by atoms with Crippen molar-refractivity contribution < 1.29 is 13.9 Å². The third-order valence-corrected chi connectivity index (χ3v) is 4.69. The summed E-state index contributed by atoms with van der Waals surface area (Å²) in [5.41, 5.74) is 1.03. The largest absolute Gasteiger partial charge is 0.392 e. The Balaban J connectivity index is 1.97. The lowest BCUT2D eigenvalue weighted by Gasteiger charge is -2.37. The lowest BCUT2D eigenvalue weighted by Crippen LogP contribution is -2.44. The lowest BCUT2D eigenvalue weighted by atomic mass is 9.95. The molecule has 0 spiro atoms. The summed E-state index contributed by atoms with van der Waals surface area (Å²) in [5.74, 6) is 0.607. The quantitative estimate of drug-likeness (QED) is 0.946. The van der Waals surface area contributed by atoms with Crippen molar-refractivity contribution in [1.82, 2.24) is 14.5 Å². The summed E-state index contributed by atoms with van der Waals surface area (Å²) in [6, 6.07) is 6.69. The zero-order chi connectivity index (χ0) is 15.9. The summed E-state index contributed by atoms with van der Waals surface area (Å²) < 4.78 is 28.0. The average molecular weight is 309 g/mol. The first-order valence-corrected chi connectivity index (χ1v) is 7.66. The summed E-state index contributed by atoms with van der Waals surface area (Å²) in [6.45, 7) is 2.54. The van der Waals surface area contributed by atoms with Crippen molar-refractivity contribution in [3.05, 3.63) is 30.1 Å². The summed E-state index contributed by atoms with van der Waals surface area (Å²) in [4.78, 5) is 6.45. The highest BCUT2D eigenvalue weighted by atomic mass is 19.3. The molecule has 1 saturated heterocycles. The summed E-state index contributed by atoms with van der Waals surface area (Å²) in [7, 11) is 0. The van der Waals surface area contributed by atoms with Gasteiger partial charge in [0.05, 0.1) is 23.2 Å². The van der Waals surface area contributed by atoms with E-state index in [0.717, 1.165) is 17.5 Å². The Morgan fingerprint density at radius 1 is 1.32 bits per heavy atom. The fraction of sp³-hybridized carbons (Fsp3) is 0.562. The Kier molecular flexibility index (Phi) is 4.14. The Labute approximate surface area is 128 Å². The number of imidazole rings is 1. The van der Waals surface area contributed by atoms with Gasteiger partial charge in [-0.2, -0.15) is 8.78 Å². The number of para-hydroxylation sites is 2. The maximum atomic E-state index is 13.5. The Hall–Kier alpha value is -1.53. The van der Waals surface area contributed by atoms with Crippen LogP contribution in [-0.4, -0.2) is 38.8 Å². The molecule has 4 nitrogen and oxygen atoms in total. The number of rotatable bonds is 3. The first kappa shape index (κ1) is 15.4. The van der Waals surface area contributed by atoms with Gasteiger partial charge in [-0.15, -0.1) is 0 Å². The number of aliphatic hydroxyl groups excluding tert-OH is 1. The topological polar surface area (TPSA) is 41.3 Å². The van der Waals surface area contributed by atoms with Crippen LogP contribution < -0.4 is 0 Å². The van der Waals surface area contributed by atoms with Crippen molar-refractivity contribution in [1.29, 1.82) is 0 Å². The minimum Gasteiger partial charge on any atom is -0.392 e. The van der Waals surface area contributed by atoms with E-state index in [1.165, 1.54) is 0 Å². The standard InChI is InChI=1S/C16H21F2N3O/c1-10-7-8-20(9-14(10)22)11(2)15-19-12-5-3-4-6-13(12)21(15)16(17)18/h3-6,10-11,14,16,22H,7-9H2,1-2H3. The minimum absolute atomic E-state index is 0.248. The van der Waals surface area contributed by atoms with Crippen LogP contribution in [0.3, 0.4) is 0 Å². The van der Waals surface area contributed by atoms with Crippen LogP contribution in [0, 0.1) is 5.92 Å². The fourth-order valence-electron chi connectivity index (χ4n) is 3.15. The molecule has 3 rings (SSSR count). The molecule has 0 radical (unpaired) electrons. The number of β-amino-alcohol motifs (C(OH)–C–C–N with tert-alkyl or cyclic N) is 1. The molecule has 1 aliphatic heterocycles. The first-order valence-electron chi connectivity index (χ1n) is 7.66. The zero-order valence-corrected chi connectivity index (χ0v) is 12.8. The smallest absolute Gasteiger partial charge is 0.320 e. The molecule has 6 heteroatoms. The third kappa shape index (κ3) is 2.61. The number of hydrogen-bond acceptors (Lipinski definition) is 3. The van der Waals surface area contributed by atoms with Crippen molar-refractivity contribution >= 4 is 11.0 Å². The van der Waals surface area contributed by atoms with Crippen LogP contribution in [0.25, 0.3) is 11.0 Å². The molecule has 1 aromatic carbocycles. The Morgan fingerprint density at radius 3 is 2.73 bits per heavy atom. The molecule has 3 unspecified atom stereocenters. The van der Waals surface area contributed by atoms with E-state index in [9.17, 15) is 13.9 Å². The highest BCUT2D eigenvalue weighted by Gasteiger charge is 2.31. The van der Waals surface area contributed by atoms with Crippen molar-refractivity contribution in [3.63, 3.8) is 0 Å². The average Bonchev–Trinajstić information content (AvgIpc) is 2.88. The number of halogens is 2. The number of hydrogen-bond donors (Lipinski definition) is 1. The molecule has 0 saturated carbocycles. The van der Waals surface area contributed by atoms with E-state index in [0.29, 0.717) is 23.4 Å². The van der Waals surface area contributed by atoms with Gasteiger partial charge in [-0.3, -0.25) is 9.47 Å². The van der Waals surface area contributed by atoms with Crippen LogP contribution in [0.2, 0.25) is 0 Å². The highest BCUT2D eigenvalue weighted by molar-refractivity contribution is 5.76. The summed E-state index contributed by atoms with van der Waals surface area (Å²) >= 11 is 0. The van der Waals surface area contributed by atoms with E-state index >= 15 is 0 Å². The molecule has 1 aliphatic rings. The van der Waals surface area contributed by atoms with Crippen molar-refractivity contribution in [3.8, 4) is 0 Å². The number of likely N-dealkylation sites (tertiary alicyclic amines) is 1. The molecule has 1 aromatic heterocycles. The number of aliphatic hydroxyl groups is 1. The molecule has 2 heterocycles. The third-order valence-electron chi connectivity index (χ3n) is 4.69. The molecule has 1 fully saturated rings. The molecular weight excluding hydrogens is 288 g/mol. The van der Waals surface area contributed by atoms with Gasteiger partial charge < -0.3 is 5.11 Å². The maximum Gasteiger partial charge on any atom is 0.320 e. The number of aromatic nitrogens is 2. The van der Waals surface area contributed by atoms with E-state index in [-0.39, 0.29) is 12.0 Å². The second kappa shape index (κ2) is 5.93. The second-order valence-corrected chi connectivity index (χ2v) is 6.11. The zero-order valence-electron chi connectivity index (χ0n) is 12.8. The van der Waals surface area contributed by atoms with E-state index in [1.54, 1.807) is 24.3 Å². The highest BCUT2D eigenvalue weighted by Crippen LogP contribution is 2.31. The van der Waals surface area contributed by atoms with Gasteiger partial charge in [-0.05, 0) is 37.9 Å². The number of fused-ring (bicyclic) bond motifs is 1. The molecular formula is C16H21F2N3O. The van der Waals surface area contributed by atoms with Crippen molar-refractivity contribution in [2.45, 2.75) is 39.0 Å². The molecule has 0 amide bonds. The van der Waals surface area contributed by atoms with Crippen LogP contribution in [0.5, 0.6) is 0 Å². The van der Waals surface area contributed by atoms with E-state index < -0.39 is 12.7 Å². The van der Waals surface area contributed by atoms with Gasteiger partial charge in [0.25, 0.3) is 0 Å². The van der Waals surface area contributed by atoms with Gasteiger partial charge in [0.1, 0.15) is 5.82 Å². The summed E-state index contributed by atoms with van der Waals surface area (Å²) in [6.07, 6.45) is 0.445. The van der Waals surface area contributed by atoms with Gasteiger partial charge in [-0.1, -0.05) is 19.1 Å².